The molecule has 15 heavy (non-hydrogen) atoms. The van der Waals surface area contributed by atoms with Crippen LogP contribution in [-0.4, -0.2) is 26.0 Å². The van der Waals surface area contributed by atoms with Gasteiger partial charge in [-0.05, 0) is 18.5 Å². The number of amides is 1. The molecule has 3 nitrogen and oxygen atoms in total. The van der Waals surface area contributed by atoms with Gasteiger partial charge in [0.2, 0.25) is 5.91 Å². The summed E-state index contributed by atoms with van der Waals surface area (Å²) >= 11 is 0. The standard InChI is InChI=1S/C12H18N2O/c1-10(8-14-12(15)9-13-2)11-6-4-3-5-7-11/h3-7,10,13H,8-9H2,1-2H3,(H,14,15). The van der Waals surface area contributed by atoms with Crippen molar-refractivity contribution in [2.24, 2.45) is 0 Å². The summed E-state index contributed by atoms with van der Waals surface area (Å²) in [5.74, 6) is 0.396. The van der Waals surface area contributed by atoms with Crippen LogP contribution in [-0.2, 0) is 4.79 Å². The summed E-state index contributed by atoms with van der Waals surface area (Å²) in [5, 5.41) is 5.70. The van der Waals surface area contributed by atoms with Crippen molar-refractivity contribution in [2.75, 3.05) is 20.1 Å². The fourth-order valence-electron chi connectivity index (χ4n) is 1.39. The lowest BCUT2D eigenvalue weighted by Crippen LogP contribution is -2.34. The predicted molar refractivity (Wildman–Crippen MR) is 61.8 cm³/mol. The van der Waals surface area contributed by atoms with Crippen molar-refractivity contribution in [3.8, 4) is 0 Å². The summed E-state index contributed by atoms with van der Waals surface area (Å²) in [5.41, 5.74) is 1.25. The molecule has 0 bridgehead atoms. The molecule has 0 heterocycles. The highest BCUT2D eigenvalue weighted by atomic mass is 16.1. The Labute approximate surface area is 90.9 Å². The smallest absolute Gasteiger partial charge is 0.233 e. The summed E-state index contributed by atoms with van der Waals surface area (Å²) < 4.78 is 0. The average Bonchev–Trinajstić information content (AvgIpc) is 2.27. The lowest BCUT2D eigenvalue weighted by molar-refractivity contribution is -0.120. The van der Waals surface area contributed by atoms with Gasteiger partial charge >= 0.3 is 0 Å². The highest BCUT2D eigenvalue weighted by Gasteiger charge is 2.06. The van der Waals surface area contributed by atoms with Gasteiger partial charge in [-0.3, -0.25) is 4.79 Å². The molecule has 82 valence electrons. The lowest BCUT2D eigenvalue weighted by atomic mass is 10.0. The van der Waals surface area contributed by atoms with Crippen LogP contribution in [0.25, 0.3) is 0 Å². The Kier molecular flexibility index (Phi) is 4.84. The van der Waals surface area contributed by atoms with Crippen molar-refractivity contribution < 1.29 is 4.79 Å². The number of carbonyl (C=O) groups excluding carboxylic acids is 1. The van der Waals surface area contributed by atoms with E-state index in [1.807, 2.05) is 18.2 Å². The number of likely N-dealkylation sites (N-methyl/N-ethyl adjacent to an activating group) is 1. The Balaban J connectivity index is 2.37. The van der Waals surface area contributed by atoms with Gasteiger partial charge in [0.05, 0.1) is 6.54 Å². The van der Waals surface area contributed by atoms with Crippen molar-refractivity contribution in [2.45, 2.75) is 12.8 Å². The van der Waals surface area contributed by atoms with Gasteiger partial charge in [0, 0.05) is 6.54 Å². The van der Waals surface area contributed by atoms with Gasteiger partial charge in [-0.15, -0.1) is 0 Å². The zero-order valence-electron chi connectivity index (χ0n) is 9.29. The molecule has 1 amide bonds. The van der Waals surface area contributed by atoms with Crippen LogP contribution in [0.15, 0.2) is 30.3 Å². The Morgan fingerprint density at radius 1 is 1.33 bits per heavy atom. The van der Waals surface area contributed by atoms with Gasteiger partial charge in [0.25, 0.3) is 0 Å². The summed E-state index contributed by atoms with van der Waals surface area (Å²) in [6.45, 7) is 3.17. The third kappa shape index (κ3) is 4.13. The first-order chi connectivity index (χ1) is 7.24. The second-order valence-corrected chi connectivity index (χ2v) is 3.65. The molecule has 1 rings (SSSR count). The molecule has 1 aromatic rings. The van der Waals surface area contributed by atoms with Crippen LogP contribution < -0.4 is 10.6 Å². The van der Waals surface area contributed by atoms with E-state index in [9.17, 15) is 4.79 Å². The predicted octanol–water partition coefficient (Wildman–Crippen LogP) is 1.13. The van der Waals surface area contributed by atoms with Gasteiger partial charge in [0.1, 0.15) is 0 Å². The fraction of sp³-hybridized carbons (Fsp3) is 0.417. The zero-order chi connectivity index (χ0) is 11.1. The minimum Gasteiger partial charge on any atom is -0.354 e. The van der Waals surface area contributed by atoms with Gasteiger partial charge < -0.3 is 10.6 Å². The second kappa shape index (κ2) is 6.19. The van der Waals surface area contributed by atoms with Gasteiger partial charge in [-0.2, -0.15) is 0 Å². The number of carbonyl (C=O) groups is 1. The zero-order valence-corrected chi connectivity index (χ0v) is 9.29. The van der Waals surface area contributed by atoms with Crippen LogP contribution in [0.2, 0.25) is 0 Å². The van der Waals surface area contributed by atoms with E-state index in [0.29, 0.717) is 19.0 Å². The second-order valence-electron chi connectivity index (χ2n) is 3.65. The monoisotopic (exact) mass is 206 g/mol. The van der Waals surface area contributed by atoms with Crippen molar-refractivity contribution in [3.05, 3.63) is 35.9 Å². The summed E-state index contributed by atoms with van der Waals surface area (Å²) in [6, 6.07) is 10.2. The quantitative estimate of drug-likeness (QED) is 0.758. The number of hydrogen-bond acceptors (Lipinski definition) is 2. The number of hydrogen-bond donors (Lipinski definition) is 2. The van der Waals surface area contributed by atoms with Crippen LogP contribution in [0.4, 0.5) is 0 Å². The molecular weight excluding hydrogens is 188 g/mol. The Morgan fingerprint density at radius 2 is 2.00 bits per heavy atom. The first-order valence-corrected chi connectivity index (χ1v) is 5.20. The molecule has 0 saturated heterocycles. The SMILES string of the molecule is CNCC(=O)NCC(C)c1ccccc1. The largest absolute Gasteiger partial charge is 0.354 e. The molecule has 0 radical (unpaired) electrons. The van der Waals surface area contributed by atoms with Crippen LogP contribution in [0.3, 0.4) is 0 Å². The Bertz CT molecular complexity index is 298. The molecule has 0 aliphatic carbocycles. The van der Waals surface area contributed by atoms with E-state index in [1.54, 1.807) is 7.05 Å². The highest BCUT2D eigenvalue weighted by molar-refractivity contribution is 5.77. The number of nitrogens with one attached hydrogen (secondary N) is 2. The van der Waals surface area contributed by atoms with Crippen molar-refractivity contribution in [1.29, 1.82) is 0 Å². The van der Waals surface area contributed by atoms with Gasteiger partial charge in [-0.25, -0.2) is 0 Å². The molecule has 2 N–H and O–H groups in total. The van der Waals surface area contributed by atoms with Gasteiger partial charge in [0.15, 0.2) is 0 Å². The van der Waals surface area contributed by atoms with E-state index >= 15 is 0 Å². The maximum absolute atomic E-state index is 11.2. The minimum atomic E-state index is 0.0419. The van der Waals surface area contributed by atoms with E-state index in [-0.39, 0.29) is 5.91 Å². The number of rotatable bonds is 5. The van der Waals surface area contributed by atoms with Crippen molar-refractivity contribution in [1.82, 2.24) is 10.6 Å². The van der Waals surface area contributed by atoms with E-state index in [0.717, 1.165) is 0 Å². The third-order valence-electron chi connectivity index (χ3n) is 2.31. The Hall–Kier alpha value is -1.35. The van der Waals surface area contributed by atoms with E-state index in [4.69, 9.17) is 0 Å². The maximum atomic E-state index is 11.2. The molecule has 0 aliphatic rings. The molecule has 0 aliphatic heterocycles. The number of benzene rings is 1. The molecular formula is C12H18N2O. The van der Waals surface area contributed by atoms with Gasteiger partial charge in [-0.1, -0.05) is 37.3 Å². The molecule has 1 atom stereocenters. The van der Waals surface area contributed by atoms with Crippen LogP contribution in [0, 0.1) is 0 Å². The fourth-order valence-corrected chi connectivity index (χ4v) is 1.39. The first kappa shape index (κ1) is 11.7. The van der Waals surface area contributed by atoms with Crippen LogP contribution in [0.5, 0.6) is 0 Å². The van der Waals surface area contributed by atoms with E-state index in [2.05, 4.69) is 29.7 Å². The topological polar surface area (TPSA) is 41.1 Å². The molecule has 0 spiro atoms. The Morgan fingerprint density at radius 3 is 2.60 bits per heavy atom. The highest BCUT2D eigenvalue weighted by Crippen LogP contribution is 2.12. The van der Waals surface area contributed by atoms with Crippen molar-refractivity contribution in [3.63, 3.8) is 0 Å². The summed E-state index contributed by atoms with van der Waals surface area (Å²) in [7, 11) is 1.76. The maximum Gasteiger partial charge on any atom is 0.233 e. The summed E-state index contributed by atoms with van der Waals surface area (Å²) in [6.07, 6.45) is 0. The summed E-state index contributed by atoms with van der Waals surface area (Å²) in [4.78, 5) is 11.2. The van der Waals surface area contributed by atoms with Crippen LogP contribution in [0.1, 0.15) is 18.4 Å². The molecule has 1 aromatic carbocycles. The molecule has 0 saturated carbocycles. The lowest BCUT2D eigenvalue weighted by Gasteiger charge is -2.12. The molecule has 0 aromatic heterocycles. The van der Waals surface area contributed by atoms with E-state index in [1.165, 1.54) is 5.56 Å². The average molecular weight is 206 g/mol. The first-order valence-electron chi connectivity index (χ1n) is 5.20. The normalized spacial score (nSPS) is 12.1. The minimum absolute atomic E-state index is 0.0419. The van der Waals surface area contributed by atoms with E-state index < -0.39 is 0 Å². The molecule has 1 unspecified atom stereocenters. The van der Waals surface area contributed by atoms with Crippen LogP contribution >= 0.6 is 0 Å². The molecule has 3 heteroatoms. The third-order valence-corrected chi connectivity index (χ3v) is 2.31. The van der Waals surface area contributed by atoms with Crippen molar-refractivity contribution >= 4 is 5.91 Å². The molecule has 0 fully saturated rings.